The summed E-state index contributed by atoms with van der Waals surface area (Å²) in [5.74, 6) is -0.0844. The second-order valence-corrected chi connectivity index (χ2v) is 5.63. The normalized spacial score (nSPS) is 17.9. The van der Waals surface area contributed by atoms with Crippen molar-refractivity contribution in [3.05, 3.63) is 0 Å². The van der Waals surface area contributed by atoms with Gasteiger partial charge in [0.2, 0.25) is 5.91 Å². The van der Waals surface area contributed by atoms with Gasteiger partial charge in [-0.15, -0.1) is 0 Å². The minimum absolute atomic E-state index is 0.0613. The molecular formula is C15H28N2O4. The lowest BCUT2D eigenvalue weighted by molar-refractivity contribution is -0.149. The molecule has 1 amide bonds. The first-order valence-electron chi connectivity index (χ1n) is 7.57. The molecule has 6 heteroatoms. The Bertz CT molecular complexity index is 341. The second-order valence-electron chi connectivity index (χ2n) is 5.63. The first-order valence-corrected chi connectivity index (χ1v) is 7.57. The number of nitrogens with zero attached hydrogens (tertiary/aromatic N) is 2. The molecule has 21 heavy (non-hydrogen) atoms. The Balaban J connectivity index is 2.40. The van der Waals surface area contributed by atoms with Crippen LogP contribution in [0.3, 0.4) is 0 Å². The fourth-order valence-electron chi connectivity index (χ4n) is 2.61. The molecular weight excluding hydrogens is 272 g/mol. The van der Waals surface area contributed by atoms with E-state index in [1.165, 1.54) is 7.11 Å². The highest BCUT2D eigenvalue weighted by molar-refractivity contribution is 5.82. The van der Waals surface area contributed by atoms with E-state index in [1.54, 1.807) is 7.11 Å². The number of ether oxygens (including phenoxy) is 2. The van der Waals surface area contributed by atoms with Crippen molar-refractivity contribution < 1.29 is 19.1 Å². The molecule has 0 aromatic heterocycles. The molecule has 0 radical (unpaired) electrons. The smallest absolute Gasteiger partial charge is 0.308 e. The maximum absolute atomic E-state index is 12.5. The Morgan fingerprint density at radius 1 is 1.29 bits per heavy atom. The third-order valence-electron chi connectivity index (χ3n) is 4.22. The molecule has 1 fully saturated rings. The first-order chi connectivity index (χ1) is 10.0. The van der Waals surface area contributed by atoms with Gasteiger partial charge in [0.1, 0.15) is 0 Å². The Labute approximate surface area is 127 Å². The highest BCUT2D eigenvalue weighted by Gasteiger charge is 2.30. The number of likely N-dealkylation sites (tertiary alicyclic amines) is 1. The number of carbonyl (C=O) groups excluding carboxylic acids is 2. The molecule has 0 aromatic rings. The average molecular weight is 300 g/mol. The van der Waals surface area contributed by atoms with E-state index in [2.05, 4.69) is 0 Å². The highest BCUT2D eigenvalue weighted by Crippen LogP contribution is 2.19. The van der Waals surface area contributed by atoms with Crippen molar-refractivity contribution in [1.82, 2.24) is 9.80 Å². The van der Waals surface area contributed by atoms with E-state index in [0.29, 0.717) is 32.5 Å². The fourth-order valence-corrected chi connectivity index (χ4v) is 2.61. The SMILES string of the molecule is COCCCN(C)C(C)C(=O)N1CCC(C(=O)OC)CC1. The highest BCUT2D eigenvalue weighted by atomic mass is 16.5. The van der Waals surface area contributed by atoms with Gasteiger partial charge in [-0.3, -0.25) is 14.5 Å². The number of hydrogen-bond donors (Lipinski definition) is 0. The number of carbonyl (C=O) groups is 2. The van der Waals surface area contributed by atoms with E-state index in [4.69, 9.17) is 9.47 Å². The Morgan fingerprint density at radius 3 is 2.43 bits per heavy atom. The first kappa shape index (κ1) is 17.9. The lowest BCUT2D eigenvalue weighted by Gasteiger charge is -2.34. The Morgan fingerprint density at radius 2 is 1.90 bits per heavy atom. The van der Waals surface area contributed by atoms with Crippen LogP contribution in [0, 0.1) is 5.92 Å². The van der Waals surface area contributed by atoms with Crippen LogP contribution >= 0.6 is 0 Å². The van der Waals surface area contributed by atoms with E-state index < -0.39 is 0 Å². The van der Waals surface area contributed by atoms with Crippen molar-refractivity contribution in [3.63, 3.8) is 0 Å². The zero-order valence-electron chi connectivity index (χ0n) is 13.6. The summed E-state index contributed by atoms with van der Waals surface area (Å²) >= 11 is 0. The summed E-state index contributed by atoms with van der Waals surface area (Å²) in [7, 11) is 5.05. The quantitative estimate of drug-likeness (QED) is 0.513. The largest absolute Gasteiger partial charge is 0.469 e. The van der Waals surface area contributed by atoms with Crippen molar-refractivity contribution in [2.75, 3.05) is 47.5 Å². The van der Waals surface area contributed by atoms with Crippen molar-refractivity contribution >= 4 is 11.9 Å². The van der Waals surface area contributed by atoms with E-state index in [0.717, 1.165) is 13.0 Å². The monoisotopic (exact) mass is 300 g/mol. The van der Waals surface area contributed by atoms with Gasteiger partial charge < -0.3 is 14.4 Å². The van der Waals surface area contributed by atoms with Crippen molar-refractivity contribution in [2.24, 2.45) is 5.92 Å². The van der Waals surface area contributed by atoms with Gasteiger partial charge in [0.25, 0.3) is 0 Å². The van der Waals surface area contributed by atoms with Crippen LogP contribution in [0.1, 0.15) is 26.2 Å². The molecule has 1 saturated heterocycles. The standard InChI is InChI=1S/C15H28N2O4/c1-12(16(2)8-5-11-20-3)14(18)17-9-6-13(7-10-17)15(19)21-4/h12-13H,5-11H2,1-4H3. The zero-order chi connectivity index (χ0) is 15.8. The Kier molecular flexibility index (Phi) is 7.67. The molecule has 1 rings (SSSR count). The molecule has 1 aliphatic rings. The lowest BCUT2D eigenvalue weighted by Crippen LogP contribution is -2.49. The van der Waals surface area contributed by atoms with Crippen LogP contribution < -0.4 is 0 Å². The van der Waals surface area contributed by atoms with Crippen LogP contribution in [-0.4, -0.2) is 75.2 Å². The number of esters is 1. The molecule has 122 valence electrons. The van der Waals surface area contributed by atoms with Crippen LogP contribution in [0.25, 0.3) is 0 Å². The maximum Gasteiger partial charge on any atom is 0.308 e. The average Bonchev–Trinajstić information content (AvgIpc) is 2.52. The molecule has 0 bridgehead atoms. The van der Waals surface area contributed by atoms with Crippen LogP contribution in [0.4, 0.5) is 0 Å². The molecule has 0 aromatic carbocycles. The van der Waals surface area contributed by atoms with Gasteiger partial charge in [0.05, 0.1) is 19.1 Å². The molecule has 1 atom stereocenters. The summed E-state index contributed by atoms with van der Waals surface area (Å²) in [4.78, 5) is 27.8. The molecule has 6 nitrogen and oxygen atoms in total. The van der Waals surface area contributed by atoms with Crippen molar-refractivity contribution in [1.29, 1.82) is 0 Å². The summed E-state index contributed by atoms with van der Waals surface area (Å²) < 4.78 is 9.79. The van der Waals surface area contributed by atoms with Gasteiger partial charge in [-0.1, -0.05) is 0 Å². The van der Waals surface area contributed by atoms with Crippen LogP contribution in [0.2, 0.25) is 0 Å². The molecule has 0 N–H and O–H groups in total. The van der Waals surface area contributed by atoms with Crippen LogP contribution in [0.15, 0.2) is 0 Å². The number of methoxy groups -OCH3 is 2. The second kappa shape index (κ2) is 9.00. The lowest BCUT2D eigenvalue weighted by atomic mass is 9.96. The van der Waals surface area contributed by atoms with Gasteiger partial charge in [0, 0.05) is 33.4 Å². The van der Waals surface area contributed by atoms with E-state index in [1.807, 2.05) is 23.8 Å². The third-order valence-corrected chi connectivity index (χ3v) is 4.22. The number of hydrogen-bond acceptors (Lipinski definition) is 5. The minimum atomic E-state index is -0.160. The summed E-state index contributed by atoms with van der Waals surface area (Å²) in [5, 5.41) is 0. The fraction of sp³-hybridized carbons (Fsp3) is 0.867. The van der Waals surface area contributed by atoms with E-state index in [9.17, 15) is 9.59 Å². The number of likely N-dealkylation sites (N-methyl/N-ethyl adjacent to an activating group) is 1. The molecule has 1 aliphatic heterocycles. The number of piperidine rings is 1. The van der Waals surface area contributed by atoms with Gasteiger partial charge in [-0.25, -0.2) is 0 Å². The predicted octanol–water partition coefficient (Wildman–Crippen LogP) is 0.755. The molecule has 1 unspecified atom stereocenters. The minimum Gasteiger partial charge on any atom is -0.469 e. The van der Waals surface area contributed by atoms with E-state index in [-0.39, 0.29) is 23.8 Å². The van der Waals surface area contributed by atoms with Crippen molar-refractivity contribution in [2.45, 2.75) is 32.2 Å². The summed E-state index contributed by atoms with van der Waals surface area (Å²) in [6.45, 7) is 4.74. The topological polar surface area (TPSA) is 59.1 Å². The summed E-state index contributed by atoms with van der Waals surface area (Å²) in [6.07, 6.45) is 2.30. The molecule has 0 spiro atoms. The van der Waals surface area contributed by atoms with E-state index >= 15 is 0 Å². The summed E-state index contributed by atoms with van der Waals surface area (Å²) in [5.41, 5.74) is 0. The maximum atomic E-state index is 12.5. The van der Waals surface area contributed by atoms with Gasteiger partial charge in [0.15, 0.2) is 0 Å². The van der Waals surface area contributed by atoms with Gasteiger partial charge in [-0.2, -0.15) is 0 Å². The summed E-state index contributed by atoms with van der Waals surface area (Å²) in [6, 6.07) is -0.142. The Hall–Kier alpha value is -1.14. The van der Waals surface area contributed by atoms with Crippen LogP contribution in [-0.2, 0) is 19.1 Å². The molecule has 0 saturated carbocycles. The number of rotatable bonds is 7. The van der Waals surface area contributed by atoms with Crippen LogP contribution in [0.5, 0.6) is 0 Å². The van der Waals surface area contributed by atoms with Gasteiger partial charge >= 0.3 is 5.97 Å². The van der Waals surface area contributed by atoms with Crippen molar-refractivity contribution in [3.8, 4) is 0 Å². The molecule has 0 aliphatic carbocycles. The third kappa shape index (κ3) is 5.28. The van der Waals surface area contributed by atoms with Gasteiger partial charge in [-0.05, 0) is 33.2 Å². The number of amides is 1. The predicted molar refractivity (Wildman–Crippen MR) is 79.9 cm³/mol. The molecule has 1 heterocycles. The zero-order valence-corrected chi connectivity index (χ0v) is 13.6.